The Balaban J connectivity index is 1.88. The number of H-pyrrole nitrogens is 1. The van der Waals surface area contributed by atoms with E-state index in [0.29, 0.717) is 4.96 Å². The molecule has 9 nitrogen and oxygen atoms in total. The molecular weight excluding hydrogens is 354 g/mol. The number of carbonyl (C=O) groups excluding carboxylic acids is 1. The summed E-state index contributed by atoms with van der Waals surface area (Å²) < 4.78 is 2.45. The summed E-state index contributed by atoms with van der Waals surface area (Å²) in [6, 6.07) is 4.09. The molecule has 0 bridgehead atoms. The number of tetrazole rings is 1. The highest BCUT2D eigenvalue weighted by Gasteiger charge is 2.18. The number of rotatable bonds is 4. The molecule has 0 saturated heterocycles. The highest BCUT2D eigenvalue weighted by molar-refractivity contribution is 7.23. The molecule has 0 unspecified atom stereocenters. The van der Waals surface area contributed by atoms with Gasteiger partial charge in [0, 0.05) is 6.20 Å². The minimum Gasteiger partial charge on any atom is -0.289 e. The number of amides is 1. The molecule has 0 aliphatic rings. The Morgan fingerprint density at radius 1 is 1.38 bits per heavy atom. The van der Waals surface area contributed by atoms with Crippen LogP contribution in [0, 0.1) is 6.92 Å². The fourth-order valence-corrected chi connectivity index (χ4v) is 3.94. The van der Waals surface area contributed by atoms with Crippen LogP contribution in [0.4, 0.5) is 5.95 Å². The molecule has 0 fully saturated rings. The number of thiazole rings is 1. The largest absolute Gasteiger partial charge is 0.289 e. The van der Waals surface area contributed by atoms with Gasteiger partial charge in [0.1, 0.15) is 5.56 Å². The Labute approximate surface area is 151 Å². The number of nitrogens with zero attached hydrogens (tertiary/aromatic N) is 5. The predicted molar refractivity (Wildman–Crippen MR) is 97.7 cm³/mol. The molecule has 1 aromatic carbocycles. The molecule has 132 valence electrons. The number of nitrogens with one attached hydrogen (secondary N) is 2. The van der Waals surface area contributed by atoms with Crippen LogP contribution in [0.1, 0.15) is 34.8 Å². The molecule has 0 atom stereocenters. The van der Waals surface area contributed by atoms with E-state index in [9.17, 15) is 9.59 Å². The maximum atomic E-state index is 12.9. The standard InChI is InChI=1S/C16H15N7O2S/c1-3-4-9-6-11-12(5-8(9)2)26-16-17-7-10(14(25)23(11)16)13(24)18-15-19-21-22-20-15/h5-7H,3-4H2,1-2H3,(H2,18,19,20,21,22,24). The number of hydrogen-bond donors (Lipinski definition) is 2. The summed E-state index contributed by atoms with van der Waals surface area (Å²) in [5, 5.41) is 15.2. The topological polar surface area (TPSA) is 118 Å². The van der Waals surface area contributed by atoms with Gasteiger partial charge in [0.15, 0.2) is 4.96 Å². The predicted octanol–water partition coefficient (Wildman–Crippen LogP) is 1.94. The van der Waals surface area contributed by atoms with Crippen LogP contribution in [0.25, 0.3) is 15.2 Å². The number of carbonyl (C=O) groups is 1. The molecule has 2 N–H and O–H groups in total. The van der Waals surface area contributed by atoms with Crippen molar-refractivity contribution in [2.24, 2.45) is 0 Å². The Morgan fingerprint density at radius 2 is 2.23 bits per heavy atom. The van der Waals surface area contributed by atoms with Crippen LogP contribution in [0.15, 0.2) is 23.1 Å². The molecule has 0 aliphatic carbocycles. The second-order valence-electron chi connectivity index (χ2n) is 5.90. The molecule has 4 aromatic rings. The molecule has 26 heavy (non-hydrogen) atoms. The molecular formula is C16H15N7O2S. The van der Waals surface area contributed by atoms with Gasteiger partial charge in [-0.1, -0.05) is 29.8 Å². The number of hydrogen-bond acceptors (Lipinski definition) is 7. The zero-order chi connectivity index (χ0) is 18.3. The summed E-state index contributed by atoms with van der Waals surface area (Å²) in [7, 11) is 0. The minimum absolute atomic E-state index is 0.0653. The van der Waals surface area contributed by atoms with Gasteiger partial charge in [-0.15, -0.1) is 0 Å². The van der Waals surface area contributed by atoms with Crippen LogP contribution in [0.3, 0.4) is 0 Å². The summed E-state index contributed by atoms with van der Waals surface area (Å²) in [5.74, 6) is -0.550. The van der Waals surface area contributed by atoms with Crippen molar-refractivity contribution < 1.29 is 4.79 Å². The van der Waals surface area contributed by atoms with Gasteiger partial charge in [-0.05, 0) is 47.0 Å². The maximum Gasteiger partial charge on any atom is 0.271 e. The third-order valence-corrected chi connectivity index (χ3v) is 5.15. The zero-order valence-electron chi connectivity index (χ0n) is 14.1. The van der Waals surface area contributed by atoms with Gasteiger partial charge in [-0.25, -0.2) is 10.1 Å². The molecule has 3 heterocycles. The number of benzene rings is 1. The van der Waals surface area contributed by atoms with Gasteiger partial charge in [0.25, 0.3) is 11.5 Å². The molecule has 0 saturated carbocycles. The van der Waals surface area contributed by atoms with E-state index in [2.05, 4.69) is 50.8 Å². The molecule has 4 rings (SSSR count). The number of anilines is 1. The Kier molecular flexibility index (Phi) is 3.96. The second-order valence-corrected chi connectivity index (χ2v) is 6.91. The molecule has 0 radical (unpaired) electrons. The number of aromatic nitrogens is 6. The average molecular weight is 369 g/mol. The van der Waals surface area contributed by atoms with Gasteiger partial charge in [0.2, 0.25) is 5.95 Å². The highest BCUT2D eigenvalue weighted by atomic mass is 32.1. The van der Waals surface area contributed by atoms with Gasteiger partial charge >= 0.3 is 0 Å². The van der Waals surface area contributed by atoms with E-state index in [4.69, 9.17) is 0 Å². The van der Waals surface area contributed by atoms with E-state index in [1.807, 2.05) is 6.07 Å². The van der Waals surface area contributed by atoms with Crippen LogP contribution >= 0.6 is 11.3 Å². The molecule has 10 heteroatoms. The SMILES string of the molecule is CCCc1cc2c(cc1C)sc1ncc(C(=O)Nc3nnn[nH]3)c(=O)n12. The van der Waals surface area contributed by atoms with E-state index in [-0.39, 0.29) is 11.5 Å². The van der Waals surface area contributed by atoms with Crippen molar-refractivity contribution in [3.63, 3.8) is 0 Å². The third kappa shape index (κ3) is 2.64. The van der Waals surface area contributed by atoms with Crippen LogP contribution in [-0.4, -0.2) is 35.9 Å². The highest BCUT2D eigenvalue weighted by Crippen LogP contribution is 2.27. The Bertz CT molecular complexity index is 1180. The van der Waals surface area contributed by atoms with Crippen LogP contribution in [-0.2, 0) is 6.42 Å². The van der Waals surface area contributed by atoms with Crippen molar-refractivity contribution in [2.75, 3.05) is 5.32 Å². The van der Waals surface area contributed by atoms with E-state index >= 15 is 0 Å². The summed E-state index contributed by atoms with van der Waals surface area (Å²) in [4.78, 5) is 30.2. The number of fused-ring (bicyclic) bond motifs is 3. The molecule has 1 amide bonds. The average Bonchev–Trinajstić information content (AvgIpc) is 3.23. The van der Waals surface area contributed by atoms with Crippen LogP contribution < -0.4 is 10.9 Å². The fraction of sp³-hybridized carbons (Fsp3) is 0.250. The van der Waals surface area contributed by atoms with E-state index in [1.165, 1.54) is 33.1 Å². The lowest BCUT2D eigenvalue weighted by Gasteiger charge is -2.05. The summed E-state index contributed by atoms with van der Waals surface area (Å²) >= 11 is 1.42. The van der Waals surface area contributed by atoms with Gasteiger partial charge < -0.3 is 0 Å². The third-order valence-electron chi connectivity index (χ3n) is 4.13. The number of aromatic amines is 1. The van der Waals surface area contributed by atoms with Crippen molar-refractivity contribution in [1.29, 1.82) is 0 Å². The lowest BCUT2D eigenvalue weighted by Crippen LogP contribution is -2.26. The van der Waals surface area contributed by atoms with E-state index in [1.54, 1.807) is 0 Å². The van der Waals surface area contributed by atoms with Crippen molar-refractivity contribution in [1.82, 2.24) is 30.0 Å². The van der Waals surface area contributed by atoms with E-state index < -0.39 is 11.5 Å². The first-order valence-corrected chi connectivity index (χ1v) is 8.89. The lowest BCUT2D eigenvalue weighted by molar-refractivity contribution is 0.102. The Hall–Kier alpha value is -3.14. The molecule has 0 spiro atoms. The summed E-state index contributed by atoms with van der Waals surface area (Å²) in [6.45, 7) is 4.18. The van der Waals surface area contributed by atoms with Crippen molar-refractivity contribution in [2.45, 2.75) is 26.7 Å². The van der Waals surface area contributed by atoms with Crippen LogP contribution in [0.5, 0.6) is 0 Å². The first-order valence-electron chi connectivity index (χ1n) is 8.07. The normalized spacial score (nSPS) is 11.3. The first kappa shape index (κ1) is 16.3. The smallest absolute Gasteiger partial charge is 0.271 e. The van der Waals surface area contributed by atoms with Gasteiger partial charge in [-0.2, -0.15) is 0 Å². The Morgan fingerprint density at radius 3 is 2.96 bits per heavy atom. The lowest BCUT2D eigenvalue weighted by atomic mass is 10.0. The van der Waals surface area contributed by atoms with Crippen molar-refractivity contribution >= 4 is 38.4 Å². The van der Waals surface area contributed by atoms with Crippen LogP contribution in [0.2, 0.25) is 0 Å². The monoisotopic (exact) mass is 369 g/mol. The minimum atomic E-state index is -0.615. The van der Waals surface area contributed by atoms with Gasteiger partial charge in [0.05, 0.1) is 10.2 Å². The molecule has 3 aromatic heterocycles. The quantitative estimate of drug-likeness (QED) is 0.567. The first-order chi connectivity index (χ1) is 12.6. The zero-order valence-corrected chi connectivity index (χ0v) is 14.9. The number of aryl methyl sites for hydroxylation is 2. The molecule has 0 aliphatic heterocycles. The van der Waals surface area contributed by atoms with Crippen molar-refractivity contribution in [3.8, 4) is 0 Å². The maximum absolute atomic E-state index is 12.9. The summed E-state index contributed by atoms with van der Waals surface area (Å²) in [6.07, 6.45) is 3.23. The van der Waals surface area contributed by atoms with Crippen molar-refractivity contribution in [3.05, 3.63) is 45.4 Å². The fourth-order valence-electron chi connectivity index (χ4n) is 2.87. The van der Waals surface area contributed by atoms with Gasteiger partial charge in [-0.3, -0.25) is 19.3 Å². The second kappa shape index (κ2) is 6.30. The van der Waals surface area contributed by atoms with E-state index in [0.717, 1.165) is 23.1 Å². The summed E-state index contributed by atoms with van der Waals surface area (Å²) in [5.41, 5.74) is 2.66.